The molecule has 2 rings (SSSR count). The maximum absolute atomic E-state index is 11.9. The van der Waals surface area contributed by atoms with Gasteiger partial charge in [-0.25, -0.2) is 0 Å². The highest BCUT2D eigenvalue weighted by molar-refractivity contribution is 5.98. The van der Waals surface area contributed by atoms with Crippen molar-refractivity contribution in [1.82, 2.24) is 5.32 Å². The molecular weight excluding hydrogens is 256 g/mol. The summed E-state index contributed by atoms with van der Waals surface area (Å²) in [7, 11) is 0. The molecule has 108 valence electrons. The fraction of sp³-hybridized carbons (Fsp3) is 0.467. The molecule has 5 heteroatoms. The van der Waals surface area contributed by atoms with E-state index in [9.17, 15) is 9.59 Å². The number of hydrogen-bond donors (Lipinski definition) is 2. The fourth-order valence-corrected chi connectivity index (χ4v) is 2.34. The second kappa shape index (κ2) is 6.05. The number of carbonyl (C=O) groups excluding carboxylic acids is 2. The number of benzene rings is 1. The Bertz CT molecular complexity index is 526. The summed E-state index contributed by atoms with van der Waals surface area (Å²) in [6.45, 7) is 4.38. The quantitative estimate of drug-likeness (QED) is 0.865. The molecule has 2 amide bonds. The molecule has 0 aliphatic carbocycles. The maximum atomic E-state index is 11.9. The zero-order chi connectivity index (χ0) is 14.7. The molecule has 5 nitrogen and oxygen atoms in total. The normalized spacial score (nSPS) is 14.8. The van der Waals surface area contributed by atoms with Crippen molar-refractivity contribution in [2.75, 3.05) is 18.0 Å². The van der Waals surface area contributed by atoms with Crippen LogP contribution in [-0.4, -0.2) is 36.1 Å². The molecule has 0 saturated heterocycles. The average molecular weight is 276 g/mol. The second-order valence-electron chi connectivity index (χ2n) is 5.05. The molecule has 1 atom stereocenters. The molecule has 2 N–H and O–H groups in total. The minimum Gasteiger partial charge on any atom is -0.392 e. The van der Waals surface area contributed by atoms with E-state index < -0.39 is 6.10 Å². The molecule has 1 aliphatic heterocycles. The third-order valence-electron chi connectivity index (χ3n) is 3.40. The summed E-state index contributed by atoms with van der Waals surface area (Å²) < 4.78 is 0. The Hall–Kier alpha value is -1.88. The Kier molecular flexibility index (Phi) is 4.39. The number of nitrogens with zero attached hydrogens (tertiary/aromatic N) is 1. The average Bonchev–Trinajstić information content (AvgIpc) is 2.86. The monoisotopic (exact) mass is 276 g/mol. The summed E-state index contributed by atoms with van der Waals surface area (Å²) in [5.74, 6) is -0.0935. The molecule has 0 spiro atoms. The van der Waals surface area contributed by atoms with Crippen molar-refractivity contribution < 1.29 is 14.7 Å². The van der Waals surface area contributed by atoms with Crippen molar-refractivity contribution in [3.63, 3.8) is 0 Å². The Morgan fingerprint density at radius 1 is 1.45 bits per heavy atom. The number of anilines is 1. The highest BCUT2D eigenvalue weighted by atomic mass is 16.3. The van der Waals surface area contributed by atoms with Gasteiger partial charge < -0.3 is 15.3 Å². The van der Waals surface area contributed by atoms with Gasteiger partial charge in [-0.1, -0.05) is 6.92 Å². The SMILES string of the molecule is CCC(=O)N1CCc2cc(C(=O)NCC(C)O)ccc21. The smallest absolute Gasteiger partial charge is 0.251 e. The van der Waals surface area contributed by atoms with Gasteiger partial charge in [-0.05, 0) is 37.1 Å². The Labute approximate surface area is 118 Å². The van der Waals surface area contributed by atoms with Gasteiger partial charge in [0.15, 0.2) is 0 Å². The summed E-state index contributed by atoms with van der Waals surface area (Å²) in [4.78, 5) is 25.5. The van der Waals surface area contributed by atoms with Crippen molar-refractivity contribution in [3.8, 4) is 0 Å². The van der Waals surface area contributed by atoms with Crippen LogP contribution in [0.4, 0.5) is 5.69 Å². The summed E-state index contributed by atoms with van der Waals surface area (Å²) in [5, 5.41) is 11.8. The van der Waals surface area contributed by atoms with Crippen LogP contribution in [0.3, 0.4) is 0 Å². The highest BCUT2D eigenvalue weighted by Crippen LogP contribution is 2.29. The first-order valence-electron chi connectivity index (χ1n) is 6.92. The van der Waals surface area contributed by atoms with Crippen molar-refractivity contribution in [2.24, 2.45) is 0 Å². The number of carbonyl (C=O) groups is 2. The molecular formula is C15H20N2O3. The number of fused-ring (bicyclic) bond motifs is 1. The van der Waals surface area contributed by atoms with Crippen LogP contribution in [0, 0.1) is 0 Å². The lowest BCUT2D eigenvalue weighted by Crippen LogP contribution is -2.30. The molecule has 0 bridgehead atoms. The molecule has 0 fully saturated rings. The maximum Gasteiger partial charge on any atom is 0.251 e. The van der Waals surface area contributed by atoms with Crippen LogP contribution in [-0.2, 0) is 11.2 Å². The lowest BCUT2D eigenvalue weighted by molar-refractivity contribution is -0.118. The summed E-state index contributed by atoms with van der Waals surface area (Å²) >= 11 is 0. The standard InChI is InChI=1S/C15H20N2O3/c1-3-14(19)17-7-6-11-8-12(4-5-13(11)17)15(20)16-9-10(2)18/h4-5,8,10,18H,3,6-7,9H2,1-2H3,(H,16,20). The first kappa shape index (κ1) is 14.5. The van der Waals surface area contributed by atoms with Gasteiger partial charge in [0.1, 0.15) is 0 Å². The van der Waals surface area contributed by atoms with Gasteiger partial charge >= 0.3 is 0 Å². The molecule has 0 saturated carbocycles. The van der Waals surface area contributed by atoms with E-state index in [1.54, 1.807) is 17.9 Å². The van der Waals surface area contributed by atoms with E-state index in [1.807, 2.05) is 19.1 Å². The number of hydrogen-bond acceptors (Lipinski definition) is 3. The summed E-state index contributed by atoms with van der Waals surface area (Å²) in [6.07, 6.45) is 0.695. The molecule has 20 heavy (non-hydrogen) atoms. The molecule has 1 aliphatic rings. The number of nitrogens with one attached hydrogen (secondary N) is 1. The van der Waals surface area contributed by atoms with Gasteiger partial charge in [-0.3, -0.25) is 9.59 Å². The van der Waals surface area contributed by atoms with Gasteiger partial charge in [-0.2, -0.15) is 0 Å². The molecule has 1 heterocycles. The van der Waals surface area contributed by atoms with E-state index >= 15 is 0 Å². The van der Waals surface area contributed by atoms with Crippen LogP contribution in [0.2, 0.25) is 0 Å². The Morgan fingerprint density at radius 3 is 2.85 bits per heavy atom. The number of rotatable bonds is 4. The van der Waals surface area contributed by atoms with Crippen molar-refractivity contribution in [1.29, 1.82) is 0 Å². The van der Waals surface area contributed by atoms with E-state index in [0.29, 0.717) is 18.5 Å². The van der Waals surface area contributed by atoms with Gasteiger partial charge in [0, 0.05) is 30.8 Å². The van der Waals surface area contributed by atoms with Crippen LogP contribution >= 0.6 is 0 Å². The summed E-state index contributed by atoms with van der Waals surface area (Å²) in [6, 6.07) is 5.38. The van der Waals surface area contributed by atoms with E-state index in [2.05, 4.69) is 5.32 Å². The second-order valence-corrected chi connectivity index (χ2v) is 5.05. The van der Waals surface area contributed by atoms with Crippen LogP contribution in [0.25, 0.3) is 0 Å². The van der Waals surface area contributed by atoms with E-state index in [0.717, 1.165) is 17.7 Å². The van der Waals surface area contributed by atoms with Crippen LogP contribution < -0.4 is 10.2 Å². The molecule has 0 radical (unpaired) electrons. The minimum atomic E-state index is -0.564. The van der Waals surface area contributed by atoms with Crippen LogP contribution in [0.5, 0.6) is 0 Å². The minimum absolute atomic E-state index is 0.107. The van der Waals surface area contributed by atoms with Crippen LogP contribution in [0.15, 0.2) is 18.2 Å². The van der Waals surface area contributed by atoms with Gasteiger partial charge in [0.2, 0.25) is 5.91 Å². The van der Waals surface area contributed by atoms with Crippen molar-refractivity contribution in [2.45, 2.75) is 32.8 Å². The number of aliphatic hydroxyl groups excluding tert-OH is 1. The third-order valence-corrected chi connectivity index (χ3v) is 3.40. The zero-order valence-corrected chi connectivity index (χ0v) is 11.8. The summed E-state index contributed by atoms with van der Waals surface area (Å²) in [5.41, 5.74) is 2.50. The van der Waals surface area contributed by atoms with E-state index in [-0.39, 0.29) is 18.4 Å². The van der Waals surface area contributed by atoms with Crippen molar-refractivity contribution >= 4 is 17.5 Å². The van der Waals surface area contributed by atoms with E-state index in [1.165, 1.54) is 0 Å². The highest BCUT2D eigenvalue weighted by Gasteiger charge is 2.24. The number of aliphatic hydroxyl groups is 1. The van der Waals surface area contributed by atoms with Gasteiger partial charge in [0.05, 0.1) is 6.10 Å². The van der Waals surface area contributed by atoms with Crippen LogP contribution in [0.1, 0.15) is 36.2 Å². The number of amides is 2. The lowest BCUT2D eigenvalue weighted by atomic mass is 10.1. The largest absolute Gasteiger partial charge is 0.392 e. The fourth-order valence-electron chi connectivity index (χ4n) is 2.34. The molecule has 1 aromatic rings. The Morgan fingerprint density at radius 2 is 2.20 bits per heavy atom. The molecule has 1 unspecified atom stereocenters. The molecule has 0 aromatic heterocycles. The first-order valence-corrected chi connectivity index (χ1v) is 6.92. The molecule has 1 aromatic carbocycles. The Balaban J connectivity index is 2.14. The lowest BCUT2D eigenvalue weighted by Gasteiger charge is -2.16. The van der Waals surface area contributed by atoms with Gasteiger partial charge in [0.25, 0.3) is 5.91 Å². The predicted molar refractivity (Wildman–Crippen MR) is 76.8 cm³/mol. The van der Waals surface area contributed by atoms with E-state index in [4.69, 9.17) is 5.11 Å². The van der Waals surface area contributed by atoms with Crippen molar-refractivity contribution in [3.05, 3.63) is 29.3 Å². The third kappa shape index (κ3) is 2.99. The topological polar surface area (TPSA) is 69.6 Å². The van der Waals surface area contributed by atoms with Gasteiger partial charge in [-0.15, -0.1) is 0 Å². The predicted octanol–water partition coefficient (Wildman–Crippen LogP) is 1.10. The zero-order valence-electron chi connectivity index (χ0n) is 11.8. The first-order chi connectivity index (χ1) is 9.52.